The van der Waals surface area contributed by atoms with Gasteiger partial charge in [-0.05, 0) is 12.1 Å². The maximum absolute atomic E-state index is 9.00. The second kappa shape index (κ2) is 6.04. The fraction of sp³-hybridized carbons (Fsp3) is 0.143. The molecule has 0 atom stereocenters. The summed E-state index contributed by atoms with van der Waals surface area (Å²) in [4.78, 5) is 0. The Hall–Kier alpha value is -1.09. The van der Waals surface area contributed by atoms with Gasteiger partial charge >= 0.3 is 0 Å². The molecule has 3 N–H and O–H groups in total. The lowest BCUT2D eigenvalue weighted by atomic mass is 10.3. The Labute approximate surface area is 59.8 Å². The van der Waals surface area contributed by atoms with Gasteiger partial charge in [0.05, 0.1) is 0 Å². The van der Waals surface area contributed by atoms with Crippen molar-refractivity contribution < 1.29 is 4.48 Å². The first-order valence-corrected chi connectivity index (χ1v) is 2.88. The van der Waals surface area contributed by atoms with Gasteiger partial charge < -0.3 is 5.32 Å². The van der Waals surface area contributed by atoms with E-state index in [1.807, 2.05) is 37.4 Å². The normalized spacial score (nSPS) is 7.50. The number of nitrogens with two attached hydrogens (primary N) is 1. The number of nitrogens with one attached hydrogen (secondary N) is 1. The van der Waals surface area contributed by atoms with E-state index in [1.165, 1.54) is 0 Å². The summed E-state index contributed by atoms with van der Waals surface area (Å²) in [6.07, 6.45) is 0. The van der Waals surface area contributed by atoms with Crippen molar-refractivity contribution in [2.75, 3.05) is 12.4 Å². The topological polar surface area (TPSA) is 38.0 Å². The number of rotatable bonds is 1. The average molecular weight is 142 g/mol. The van der Waals surface area contributed by atoms with Gasteiger partial charge in [-0.1, -0.05) is 18.2 Å². The largest absolute Gasteiger partial charge is 0.388 e. The highest BCUT2D eigenvalue weighted by atomic mass is 19.2. The molecule has 0 aliphatic carbocycles. The molecule has 0 spiro atoms. The van der Waals surface area contributed by atoms with E-state index in [-0.39, 0.29) is 0 Å². The van der Waals surface area contributed by atoms with E-state index >= 15 is 0 Å². The summed E-state index contributed by atoms with van der Waals surface area (Å²) < 4.78 is 9.00. The lowest BCUT2D eigenvalue weighted by molar-refractivity contribution is 0.530. The van der Waals surface area contributed by atoms with Gasteiger partial charge in [0.15, 0.2) is 0 Å². The summed E-state index contributed by atoms with van der Waals surface area (Å²) in [5.41, 5.74) is 1.16. The van der Waals surface area contributed by atoms with Gasteiger partial charge in [-0.25, -0.2) is 0 Å². The van der Waals surface area contributed by atoms with Gasteiger partial charge in [0.1, 0.15) is 0 Å². The molecule has 2 nitrogen and oxygen atoms in total. The smallest absolute Gasteiger partial charge is 0.0337 e. The lowest BCUT2D eigenvalue weighted by Gasteiger charge is -1.94. The van der Waals surface area contributed by atoms with E-state index in [4.69, 9.17) is 4.48 Å². The molecule has 0 heterocycles. The number of para-hydroxylation sites is 1. The summed E-state index contributed by atoms with van der Waals surface area (Å²) in [5, 5.41) is 3.03. The van der Waals surface area contributed by atoms with Crippen LogP contribution in [-0.4, -0.2) is 7.05 Å². The number of benzene rings is 1. The summed E-state index contributed by atoms with van der Waals surface area (Å²) in [6, 6.07) is 10.1. The van der Waals surface area contributed by atoms with Crippen LogP contribution in [0, 0.1) is 0 Å². The molecule has 0 aliphatic heterocycles. The molecule has 3 heteroatoms. The highest BCUT2D eigenvalue weighted by Gasteiger charge is 1.77. The van der Waals surface area contributed by atoms with Gasteiger partial charge in [-0.3, -0.25) is 0 Å². The fourth-order valence-electron chi connectivity index (χ4n) is 0.605. The lowest BCUT2D eigenvalue weighted by Crippen LogP contribution is -1.84. The maximum atomic E-state index is 9.00. The molecule has 1 aromatic rings. The molecule has 0 saturated heterocycles. The Balaban J connectivity index is 0.000000371. The standard InChI is InChI=1S/C7H9N.FH2N/c1-8-7-5-3-2-4-6-7;1-2/h2-6,8H,1H3;2H2. The summed E-state index contributed by atoms with van der Waals surface area (Å²) >= 11 is 0. The predicted molar refractivity (Wildman–Crippen MR) is 41.3 cm³/mol. The molecule has 0 unspecified atom stereocenters. The molecule has 1 aromatic carbocycles. The van der Waals surface area contributed by atoms with Crippen molar-refractivity contribution in [3.8, 4) is 0 Å². The van der Waals surface area contributed by atoms with Crippen molar-refractivity contribution in [3.63, 3.8) is 0 Å². The first kappa shape index (κ1) is 8.91. The molecule has 0 aromatic heterocycles. The van der Waals surface area contributed by atoms with Gasteiger partial charge in [0.2, 0.25) is 0 Å². The number of anilines is 1. The van der Waals surface area contributed by atoms with Crippen molar-refractivity contribution in [2.45, 2.75) is 0 Å². The van der Waals surface area contributed by atoms with E-state index in [0.29, 0.717) is 0 Å². The van der Waals surface area contributed by atoms with Gasteiger partial charge in [0.25, 0.3) is 0 Å². The van der Waals surface area contributed by atoms with E-state index in [9.17, 15) is 0 Å². The molecule has 0 radical (unpaired) electrons. The second-order valence-corrected chi connectivity index (χ2v) is 1.62. The first-order valence-electron chi connectivity index (χ1n) is 2.88. The van der Waals surface area contributed by atoms with Gasteiger partial charge in [-0.15, -0.1) is 4.48 Å². The van der Waals surface area contributed by atoms with Crippen LogP contribution in [-0.2, 0) is 0 Å². The zero-order chi connectivity index (χ0) is 7.82. The quantitative estimate of drug-likeness (QED) is 0.584. The summed E-state index contributed by atoms with van der Waals surface area (Å²) in [7, 11) is 1.91. The Kier molecular flexibility index (Phi) is 5.38. The Bertz CT molecular complexity index is 153. The number of hydrogen-bond donors (Lipinski definition) is 2. The van der Waals surface area contributed by atoms with Crippen molar-refractivity contribution in [3.05, 3.63) is 30.3 Å². The Morgan fingerprint density at radius 3 is 2.00 bits per heavy atom. The van der Waals surface area contributed by atoms with Crippen LogP contribution in [0.5, 0.6) is 0 Å². The van der Waals surface area contributed by atoms with Crippen LogP contribution in [0.15, 0.2) is 30.3 Å². The number of hydrogen-bond acceptors (Lipinski definition) is 2. The van der Waals surface area contributed by atoms with Crippen LogP contribution in [0.2, 0.25) is 0 Å². The third kappa shape index (κ3) is 3.04. The van der Waals surface area contributed by atoms with Crippen molar-refractivity contribution in [1.82, 2.24) is 0 Å². The number of halogens is 1. The minimum Gasteiger partial charge on any atom is -0.388 e. The summed E-state index contributed by atoms with van der Waals surface area (Å²) in [5.74, 6) is 3.00. The maximum Gasteiger partial charge on any atom is 0.0337 e. The molecule has 0 fully saturated rings. The van der Waals surface area contributed by atoms with E-state index in [1.54, 1.807) is 0 Å². The Morgan fingerprint density at radius 1 is 1.20 bits per heavy atom. The van der Waals surface area contributed by atoms with Crippen LogP contribution >= 0.6 is 0 Å². The summed E-state index contributed by atoms with van der Waals surface area (Å²) in [6.45, 7) is 0. The second-order valence-electron chi connectivity index (χ2n) is 1.62. The van der Waals surface area contributed by atoms with Crippen LogP contribution in [0.25, 0.3) is 0 Å². The van der Waals surface area contributed by atoms with Crippen LogP contribution in [0.3, 0.4) is 0 Å². The zero-order valence-electron chi connectivity index (χ0n) is 5.84. The minimum absolute atomic E-state index is 1.16. The predicted octanol–water partition coefficient (Wildman–Crippen LogP) is 1.56. The SMILES string of the molecule is CNc1ccccc1.NF. The van der Waals surface area contributed by atoms with Gasteiger partial charge in [0, 0.05) is 12.7 Å². The fourth-order valence-corrected chi connectivity index (χ4v) is 0.605. The van der Waals surface area contributed by atoms with Crippen molar-refractivity contribution in [1.29, 1.82) is 0 Å². The molecule has 56 valence electrons. The molecule has 0 bridgehead atoms. The van der Waals surface area contributed by atoms with Crippen LogP contribution < -0.4 is 11.3 Å². The van der Waals surface area contributed by atoms with E-state index < -0.39 is 0 Å². The molecular formula is C7H11FN2. The average Bonchev–Trinajstić information content (AvgIpc) is 2.10. The highest BCUT2D eigenvalue weighted by Crippen LogP contribution is 2.01. The van der Waals surface area contributed by atoms with Gasteiger partial charge in [-0.2, -0.15) is 5.96 Å². The molecular weight excluding hydrogens is 131 g/mol. The van der Waals surface area contributed by atoms with Crippen LogP contribution in [0.4, 0.5) is 10.2 Å². The van der Waals surface area contributed by atoms with Crippen LogP contribution in [0.1, 0.15) is 0 Å². The molecule has 1 rings (SSSR count). The highest BCUT2D eigenvalue weighted by molar-refractivity contribution is 5.41. The minimum atomic E-state index is 1.16. The first-order chi connectivity index (χ1) is 4.93. The molecule has 0 amide bonds. The molecule has 10 heavy (non-hydrogen) atoms. The Morgan fingerprint density at radius 2 is 1.70 bits per heavy atom. The van der Waals surface area contributed by atoms with E-state index in [0.717, 1.165) is 5.69 Å². The third-order valence-electron chi connectivity index (χ3n) is 1.06. The molecule has 0 saturated carbocycles. The van der Waals surface area contributed by atoms with Crippen molar-refractivity contribution in [2.24, 2.45) is 5.96 Å². The van der Waals surface area contributed by atoms with E-state index in [2.05, 4.69) is 11.3 Å². The monoisotopic (exact) mass is 142 g/mol. The molecule has 0 aliphatic rings. The third-order valence-corrected chi connectivity index (χ3v) is 1.06. The van der Waals surface area contributed by atoms with Crippen molar-refractivity contribution >= 4 is 5.69 Å². The zero-order valence-corrected chi connectivity index (χ0v) is 5.84.